The van der Waals surface area contributed by atoms with Crippen LogP contribution in [-0.4, -0.2) is 28.4 Å². The van der Waals surface area contributed by atoms with Gasteiger partial charge in [-0.1, -0.05) is 0 Å². The standard InChI is InChI=1S/C8H6N2.CHF3O3S/c1-3-7-4-2-6-10-8(7)9-5-1;2-1(3,4)8(5,6)7/h1-6H;(H,5,6,7). The third kappa shape index (κ3) is 3.93. The maximum atomic E-state index is 10.7. The average Bonchev–Trinajstić information content (AvgIpc) is 2.27. The highest BCUT2D eigenvalue weighted by Gasteiger charge is 2.44. The maximum Gasteiger partial charge on any atom is 0.522 e. The van der Waals surface area contributed by atoms with Crippen molar-refractivity contribution >= 4 is 21.2 Å². The lowest BCUT2D eigenvalue weighted by Gasteiger charge is -1.97. The topological polar surface area (TPSA) is 80.2 Å². The highest BCUT2D eigenvalue weighted by atomic mass is 32.2. The smallest absolute Gasteiger partial charge is 0.279 e. The van der Waals surface area contributed by atoms with Gasteiger partial charge in [0.2, 0.25) is 0 Å². The number of aromatic nitrogens is 2. The molecule has 0 aliphatic heterocycles. The highest BCUT2D eigenvalue weighted by molar-refractivity contribution is 7.86. The van der Waals surface area contributed by atoms with E-state index in [1.807, 2.05) is 24.3 Å². The Labute approximate surface area is 100 Å². The molecule has 0 unspecified atom stereocenters. The number of pyridine rings is 2. The van der Waals surface area contributed by atoms with Gasteiger partial charge in [-0.15, -0.1) is 0 Å². The van der Waals surface area contributed by atoms with Crippen molar-refractivity contribution in [3.8, 4) is 0 Å². The zero-order valence-electron chi connectivity index (χ0n) is 8.66. The summed E-state index contributed by atoms with van der Waals surface area (Å²) in [5.74, 6) is 0. The first-order chi connectivity index (χ1) is 8.22. The van der Waals surface area contributed by atoms with E-state index in [1.165, 1.54) is 0 Å². The Morgan fingerprint density at radius 3 is 1.72 bits per heavy atom. The first kappa shape index (κ1) is 14.3. The summed E-state index contributed by atoms with van der Waals surface area (Å²) in [5.41, 5.74) is -4.72. The monoisotopic (exact) mass is 280 g/mol. The van der Waals surface area contributed by atoms with Gasteiger partial charge in [-0.2, -0.15) is 21.6 Å². The molecule has 0 saturated carbocycles. The molecule has 0 saturated heterocycles. The van der Waals surface area contributed by atoms with Crippen LogP contribution in [0.2, 0.25) is 0 Å². The molecular formula is C9H7F3N2O3S. The van der Waals surface area contributed by atoms with E-state index in [-0.39, 0.29) is 0 Å². The number of halogens is 3. The van der Waals surface area contributed by atoms with Crippen LogP contribution in [-0.2, 0) is 10.1 Å². The Kier molecular flexibility index (Phi) is 4.19. The fourth-order valence-corrected chi connectivity index (χ4v) is 0.908. The maximum absolute atomic E-state index is 10.7. The van der Waals surface area contributed by atoms with E-state index in [9.17, 15) is 13.2 Å². The minimum Gasteiger partial charge on any atom is -0.279 e. The molecule has 98 valence electrons. The molecule has 9 heteroatoms. The number of hydrogen-bond donors (Lipinski definition) is 1. The second-order valence-corrected chi connectivity index (χ2v) is 4.39. The van der Waals surface area contributed by atoms with E-state index in [0.717, 1.165) is 11.0 Å². The van der Waals surface area contributed by atoms with Gasteiger partial charge in [0.25, 0.3) is 0 Å². The van der Waals surface area contributed by atoms with Crippen molar-refractivity contribution in [1.29, 1.82) is 0 Å². The summed E-state index contributed by atoms with van der Waals surface area (Å²) >= 11 is 0. The van der Waals surface area contributed by atoms with Crippen LogP contribution in [0.4, 0.5) is 13.2 Å². The average molecular weight is 280 g/mol. The number of alkyl halides is 3. The van der Waals surface area contributed by atoms with Gasteiger partial charge in [0.1, 0.15) is 0 Å². The summed E-state index contributed by atoms with van der Waals surface area (Å²) in [5, 5.41) is 1.09. The van der Waals surface area contributed by atoms with Crippen LogP contribution >= 0.6 is 0 Å². The minimum absolute atomic E-state index is 0.810. The summed E-state index contributed by atoms with van der Waals surface area (Å²) in [4.78, 5) is 8.14. The Balaban J connectivity index is 0.000000187. The van der Waals surface area contributed by atoms with Crippen molar-refractivity contribution in [2.24, 2.45) is 0 Å². The van der Waals surface area contributed by atoms with Crippen molar-refractivity contribution in [2.75, 3.05) is 0 Å². The fraction of sp³-hybridized carbons (Fsp3) is 0.111. The first-order valence-corrected chi connectivity index (χ1v) is 5.85. The molecule has 2 heterocycles. The molecule has 0 radical (unpaired) electrons. The molecule has 18 heavy (non-hydrogen) atoms. The van der Waals surface area contributed by atoms with Crippen molar-refractivity contribution in [3.63, 3.8) is 0 Å². The summed E-state index contributed by atoms with van der Waals surface area (Å²) in [6.07, 6.45) is 3.49. The van der Waals surface area contributed by atoms with Crippen LogP contribution in [0.15, 0.2) is 36.7 Å². The lowest BCUT2D eigenvalue weighted by atomic mass is 10.3. The summed E-state index contributed by atoms with van der Waals surface area (Å²) in [6, 6.07) is 7.80. The molecule has 0 fully saturated rings. The van der Waals surface area contributed by atoms with Crippen molar-refractivity contribution in [2.45, 2.75) is 5.51 Å². The van der Waals surface area contributed by atoms with Crippen LogP contribution < -0.4 is 0 Å². The highest BCUT2D eigenvalue weighted by Crippen LogP contribution is 2.20. The lowest BCUT2D eigenvalue weighted by Crippen LogP contribution is -2.21. The summed E-state index contributed by atoms with van der Waals surface area (Å²) < 4.78 is 57.5. The third-order valence-corrected chi connectivity index (χ3v) is 2.25. The van der Waals surface area contributed by atoms with Crippen LogP contribution in [0.25, 0.3) is 11.0 Å². The molecule has 2 aromatic rings. The number of rotatable bonds is 0. The number of fused-ring (bicyclic) bond motifs is 1. The van der Waals surface area contributed by atoms with Crippen molar-refractivity contribution in [3.05, 3.63) is 36.7 Å². The molecule has 0 aliphatic carbocycles. The van der Waals surface area contributed by atoms with Crippen LogP contribution in [0, 0.1) is 0 Å². The molecule has 0 atom stereocenters. The Morgan fingerprint density at radius 2 is 1.44 bits per heavy atom. The van der Waals surface area contributed by atoms with Gasteiger partial charge in [-0.05, 0) is 24.3 Å². The Hall–Kier alpha value is -1.74. The first-order valence-electron chi connectivity index (χ1n) is 4.41. The van der Waals surface area contributed by atoms with Crippen LogP contribution in [0.3, 0.4) is 0 Å². The molecule has 0 aromatic carbocycles. The third-order valence-electron chi connectivity index (χ3n) is 1.67. The second-order valence-electron chi connectivity index (χ2n) is 2.97. The lowest BCUT2D eigenvalue weighted by molar-refractivity contribution is -0.0510. The quantitative estimate of drug-likeness (QED) is 0.590. The van der Waals surface area contributed by atoms with E-state index < -0.39 is 15.6 Å². The van der Waals surface area contributed by atoms with Gasteiger partial charge in [-0.25, -0.2) is 9.97 Å². The van der Waals surface area contributed by atoms with Gasteiger partial charge in [0, 0.05) is 17.8 Å². The molecule has 2 rings (SSSR count). The molecule has 5 nitrogen and oxygen atoms in total. The molecule has 1 N–H and O–H groups in total. The largest absolute Gasteiger partial charge is 0.522 e. The zero-order chi connectivity index (χ0) is 13.8. The molecule has 0 aliphatic rings. The molecule has 2 aromatic heterocycles. The normalized spacial score (nSPS) is 11.8. The van der Waals surface area contributed by atoms with Gasteiger partial charge < -0.3 is 0 Å². The zero-order valence-corrected chi connectivity index (χ0v) is 9.48. The van der Waals surface area contributed by atoms with Gasteiger partial charge in [-0.3, -0.25) is 4.55 Å². The van der Waals surface area contributed by atoms with Crippen molar-refractivity contribution < 1.29 is 26.1 Å². The number of hydrogen-bond acceptors (Lipinski definition) is 4. The second kappa shape index (κ2) is 5.27. The Morgan fingerprint density at radius 1 is 1.06 bits per heavy atom. The fourth-order valence-electron chi connectivity index (χ4n) is 0.908. The van der Waals surface area contributed by atoms with E-state index in [2.05, 4.69) is 9.97 Å². The van der Waals surface area contributed by atoms with Crippen molar-refractivity contribution in [1.82, 2.24) is 9.97 Å². The predicted octanol–water partition coefficient (Wildman–Crippen LogP) is 2.02. The van der Waals surface area contributed by atoms with Crippen LogP contribution in [0.1, 0.15) is 0 Å². The predicted molar refractivity (Wildman–Crippen MR) is 57.1 cm³/mol. The molecule has 0 bridgehead atoms. The van der Waals surface area contributed by atoms with E-state index in [0.29, 0.717) is 0 Å². The SMILES string of the molecule is O=S(=O)(O)C(F)(F)F.c1cnc2ncccc2c1. The summed E-state index contributed by atoms with van der Waals surface area (Å²) in [7, 11) is -5.84. The van der Waals surface area contributed by atoms with Gasteiger partial charge in [0.15, 0.2) is 5.65 Å². The minimum atomic E-state index is -5.84. The summed E-state index contributed by atoms with van der Waals surface area (Å²) in [6.45, 7) is 0. The van der Waals surface area contributed by atoms with Gasteiger partial charge in [0.05, 0.1) is 0 Å². The van der Waals surface area contributed by atoms with E-state index in [4.69, 9.17) is 13.0 Å². The molecule has 0 amide bonds. The van der Waals surface area contributed by atoms with Gasteiger partial charge >= 0.3 is 15.6 Å². The van der Waals surface area contributed by atoms with E-state index >= 15 is 0 Å². The van der Waals surface area contributed by atoms with E-state index in [1.54, 1.807) is 12.4 Å². The number of nitrogens with zero attached hydrogens (tertiary/aromatic N) is 2. The molecular weight excluding hydrogens is 273 g/mol. The molecule has 0 spiro atoms. The Bertz CT molecular complexity index is 563. The van der Waals surface area contributed by atoms with Crippen LogP contribution in [0.5, 0.6) is 0 Å².